The lowest BCUT2D eigenvalue weighted by Crippen LogP contribution is -2.50. The fourth-order valence-corrected chi connectivity index (χ4v) is 3.83. The van der Waals surface area contributed by atoms with Crippen LogP contribution in [0.1, 0.15) is 24.5 Å². The van der Waals surface area contributed by atoms with Crippen LogP contribution < -0.4 is 4.74 Å². The highest BCUT2D eigenvalue weighted by Crippen LogP contribution is 2.32. The monoisotopic (exact) mass is 369 g/mol. The van der Waals surface area contributed by atoms with Gasteiger partial charge < -0.3 is 9.72 Å². The maximum absolute atomic E-state index is 12.6. The molecule has 1 saturated heterocycles. The predicted molar refractivity (Wildman–Crippen MR) is 96.6 cm³/mol. The number of nitrogens with one attached hydrogen (secondary N) is 1. The molecule has 7 heteroatoms. The quantitative estimate of drug-likeness (QED) is 0.866. The lowest BCUT2D eigenvalue weighted by Gasteiger charge is -2.38. The number of ether oxygens (including phenoxy) is 1. The summed E-state index contributed by atoms with van der Waals surface area (Å²) in [6.07, 6.45) is -2.92. The molecule has 0 aliphatic carbocycles. The van der Waals surface area contributed by atoms with Gasteiger partial charge >= 0.3 is 6.18 Å². The topological polar surface area (TPSA) is 31.5 Å². The number of halogens is 3. The summed E-state index contributed by atoms with van der Waals surface area (Å²) in [6.45, 7) is 7.26. The Hall–Kier alpha value is -1.73. The van der Waals surface area contributed by atoms with E-state index < -0.39 is 18.6 Å². The Kier molecular flexibility index (Phi) is 5.48. The third-order valence-corrected chi connectivity index (χ3v) is 5.27. The molecule has 1 aliphatic rings. The third kappa shape index (κ3) is 4.15. The van der Waals surface area contributed by atoms with Crippen LogP contribution in [0.2, 0.25) is 0 Å². The highest BCUT2D eigenvalue weighted by Gasteiger charge is 2.33. The molecule has 4 nitrogen and oxygen atoms in total. The number of benzene rings is 1. The molecule has 0 amide bonds. The van der Waals surface area contributed by atoms with Crippen molar-refractivity contribution < 1.29 is 17.9 Å². The van der Waals surface area contributed by atoms with E-state index in [4.69, 9.17) is 4.74 Å². The summed E-state index contributed by atoms with van der Waals surface area (Å²) in [5.74, 6) is 0.863. The fraction of sp³-hybridized carbons (Fsp3) is 0.579. The Balaban J connectivity index is 1.68. The molecule has 1 aromatic carbocycles. The molecule has 0 saturated carbocycles. The van der Waals surface area contributed by atoms with Crippen LogP contribution in [-0.2, 0) is 6.54 Å². The van der Waals surface area contributed by atoms with Gasteiger partial charge in [-0.25, -0.2) is 0 Å². The number of H-pyrrole nitrogens is 1. The van der Waals surface area contributed by atoms with Gasteiger partial charge in [0.15, 0.2) is 0 Å². The summed E-state index contributed by atoms with van der Waals surface area (Å²) in [7, 11) is 1.67. The number of rotatable bonds is 5. The number of aromatic nitrogens is 1. The molecule has 0 radical (unpaired) electrons. The van der Waals surface area contributed by atoms with E-state index in [1.54, 1.807) is 14.0 Å². The van der Waals surface area contributed by atoms with Crippen molar-refractivity contribution in [3.63, 3.8) is 0 Å². The van der Waals surface area contributed by atoms with Gasteiger partial charge in [-0.3, -0.25) is 9.80 Å². The van der Waals surface area contributed by atoms with Gasteiger partial charge in [0.05, 0.1) is 13.5 Å². The van der Waals surface area contributed by atoms with Crippen molar-refractivity contribution in [3.05, 3.63) is 29.5 Å². The Morgan fingerprint density at radius 2 is 1.92 bits per heavy atom. The summed E-state index contributed by atoms with van der Waals surface area (Å²) in [5.41, 5.74) is 3.38. The number of piperazine rings is 1. The summed E-state index contributed by atoms with van der Waals surface area (Å²) in [4.78, 5) is 7.49. The van der Waals surface area contributed by atoms with Crippen molar-refractivity contribution in [2.75, 3.05) is 33.3 Å². The second-order valence-electron chi connectivity index (χ2n) is 7.12. The van der Waals surface area contributed by atoms with Crippen LogP contribution in [-0.4, -0.2) is 60.3 Å². The van der Waals surface area contributed by atoms with Gasteiger partial charge in [0, 0.05) is 61.4 Å². The lowest BCUT2D eigenvalue weighted by molar-refractivity contribution is -0.147. The van der Waals surface area contributed by atoms with Crippen LogP contribution in [0.5, 0.6) is 5.75 Å². The minimum absolute atomic E-state index is 0.470. The van der Waals surface area contributed by atoms with Crippen molar-refractivity contribution in [1.29, 1.82) is 0 Å². The number of aryl methyl sites for hydroxylation is 1. The van der Waals surface area contributed by atoms with Crippen LogP contribution in [0, 0.1) is 6.92 Å². The summed E-state index contributed by atoms with van der Waals surface area (Å²) < 4.78 is 43.4. The van der Waals surface area contributed by atoms with E-state index in [9.17, 15) is 13.2 Å². The average molecular weight is 369 g/mol. The zero-order valence-corrected chi connectivity index (χ0v) is 15.5. The molecule has 1 aliphatic heterocycles. The van der Waals surface area contributed by atoms with Gasteiger partial charge in [0.1, 0.15) is 5.75 Å². The number of aromatic amines is 1. The predicted octanol–water partition coefficient (Wildman–Crippen LogP) is 3.94. The fourth-order valence-electron chi connectivity index (χ4n) is 3.83. The Morgan fingerprint density at radius 3 is 2.54 bits per heavy atom. The second kappa shape index (κ2) is 7.48. The average Bonchev–Trinajstić information content (AvgIpc) is 3.06. The number of fused-ring (bicyclic) bond motifs is 1. The van der Waals surface area contributed by atoms with Crippen LogP contribution >= 0.6 is 0 Å². The van der Waals surface area contributed by atoms with Crippen molar-refractivity contribution >= 4 is 10.9 Å². The Bertz CT molecular complexity index is 748. The van der Waals surface area contributed by atoms with E-state index in [1.165, 1.54) is 0 Å². The molecule has 1 aromatic heterocycles. The first-order valence-electron chi connectivity index (χ1n) is 8.95. The van der Waals surface area contributed by atoms with Crippen molar-refractivity contribution in [1.82, 2.24) is 14.8 Å². The molecule has 3 rings (SSSR count). The van der Waals surface area contributed by atoms with Crippen molar-refractivity contribution in [2.24, 2.45) is 0 Å². The van der Waals surface area contributed by atoms with E-state index in [1.807, 2.05) is 24.1 Å². The lowest BCUT2D eigenvalue weighted by atomic mass is 10.0. The standard InChI is InChI=1S/C19H26F3N3O/c1-13-10-17(26-3)16(15-4-5-23-18(13)15)12-24-6-8-25(9-7-24)14(2)11-19(20,21)22/h4-5,10,14,23H,6-9,11-12H2,1-3H3. The Labute approximate surface area is 151 Å². The first kappa shape index (κ1) is 19.0. The number of methoxy groups -OCH3 is 1. The summed E-state index contributed by atoms with van der Waals surface area (Å²) in [5, 5.41) is 1.15. The van der Waals surface area contributed by atoms with Gasteiger partial charge in [0.25, 0.3) is 0 Å². The summed E-state index contributed by atoms with van der Waals surface area (Å²) >= 11 is 0. The molecule has 26 heavy (non-hydrogen) atoms. The summed E-state index contributed by atoms with van der Waals surface area (Å²) in [6, 6.07) is 3.62. The molecule has 1 N–H and O–H groups in total. The van der Waals surface area contributed by atoms with Gasteiger partial charge in [-0.1, -0.05) is 0 Å². The smallest absolute Gasteiger partial charge is 0.390 e. The normalized spacial score (nSPS) is 18.4. The van der Waals surface area contributed by atoms with Crippen LogP contribution in [0.4, 0.5) is 13.2 Å². The number of hydrogen-bond acceptors (Lipinski definition) is 3. The van der Waals surface area contributed by atoms with Crippen molar-refractivity contribution in [3.8, 4) is 5.75 Å². The first-order chi connectivity index (χ1) is 12.3. The second-order valence-corrected chi connectivity index (χ2v) is 7.12. The van der Waals surface area contributed by atoms with Gasteiger partial charge in [-0.05, 0) is 31.5 Å². The van der Waals surface area contributed by atoms with E-state index in [0.29, 0.717) is 13.1 Å². The number of nitrogens with zero attached hydrogens (tertiary/aromatic N) is 2. The minimum atomic E-state index is -4.11. The highest BCUT2D eigenvalue weighted by atomic mass is 19.4. The minimum Gasteiger partial charge on any atom is -0.496 e. The molecule has 144 valence electrons. The molecular formula is C19H26F3N3O. The van der Waals surface area contributed by atoms with E-state index in [-0.39, 0.29) is 0 Å². The maximum Gasteiger partial charge on any atom is 0.390 e. The largest absolute Gasteiger partial charge is 0.496 e. The molecule has 2 heterocycles. The van der Waals surface area contributed by atoms with Crippen LogP contribution in [0.3, 0.4) is 0 Å². The van der Waals surface area contributed by atoms with Crippen molar-refractivity contribution in [2.45, 2.75) is 39.0 Å². The number of alkyl halides is 3. The zero-order valence-electron chi connectivity index (χ0n) is 15.5. The maximum atomic E-state index is 12.6. The van der Waals surface area contributed by atoms with E-state index in [2.05, 4.69) is 16.0 Å². The molecule has 0 bridgehead atoms. The zero-order chi connectivity index (χ0) is 18.9. The van der Waals surface area contributed by atoms with E-state index >= 15 is 0 Å². The van der Waals surface area contributed by atoms with Gasteiger partial charge in [-0.2, -0.15) is 13.2 Å². The number of hydrogen-bond donors (Lipinski definition) is 1. The molecular weight excluding hydrogens is 343 g/mol. The molecule has 0 spiro atoms. The van der Waals surface area contributed by atoms with E-state index in [0.717, 1.165) is 47.4 Å². The highest BCUT2D eigenvalue weighted by molar-refractivity contribution is 5.88. The third-order valence-electron chi connectivity index (χ3n) is 5.27. The molecule has 2 aromatic rings. The Morgan fingerprint density at radius 1 is 1.23 bits per heavy atom. The molecule has 1 fully saturated rings. The van der Waals surface area contributed by atoms with Crippen LogP contribution in [0.15, 0.2) is 18.3 Å². The first-order valence-corrected chi connectivity index (χ1v) is 8.95. The SMILES string of the molecule is COc1cc(C)c2[nH]ccc2c1CN1CCN(C(C)CC(F)(F)F)CC1. The van der Waals surface area contributed by atoms with Crippen LogP contribution in [0.25, 0.3) is 10.9 Å². The van der Waals surface area contributed by atoms with Gasteiger partial charge in [0.2, 0.25) is 0 Å². The molecule has 1 unspecified atom stereocenters. The molecule has 1 atom stereocenters. The van der Waals surface area contributed by atoms with Gasteiger partial charge in [-0.15, -0.1) is 0 Å².